The maximum atomic E-state index is 11.9. The molecule has 22 heavy (non-hydrogen) atoms. The van der Waals surface area contributed by atoms with Gasteiger partial charge in [0.2, 0.25) is 0 Å². The summed E-state index contributed by atoms with van der Waals surface area (Å²) in [7, 11) is 1.59. The van der Waals surface area contributed by atoms with E-state index < -0.39 is 0 Å². The molecule has 7 heteroatoms. The van der Waals surface area contributed by atoms with Crippen LogP contribution < -0.4 is 15.4 Å². The molecule has 0 aliphatic heterocycles. The largest absolute Gasteiger partial charge is 0.487 e. The van der Waals surface area contributed by atoms with E-state index in [-0.39, 0.29) is 6.03 Å². The van der Waals surface area contributed by atoms with Crippen molar-refractivity contribution in [2.24, 2.45) is 0 Å². The van der Waals surface area contributed by atoms with Gasteiger partial charge in [0.25, 0.3) is 0 Å². The molecular formula is C15H23ClN2O4. The summed E-state index contributed by atoms with van der Waals surface area (Å²) in [4.78, 5) is 11.9. The molecule has 124 valence electrons. The number of hydrogen-bond donors (Lipinski definition) is 2. The first kappa shape index (κ1) is 18.5. The molecular weight excluding hydrogens is 308 g/mol. The molecule has 1 rings (SSSR count). The highest BCUT2D eigenvalue weighted by molar-refractivity contribution is 6.32. The van der Waals surface area contributed by atoms with E-state index in [0.717, 1.165) is 6.42 Å². The molecule has 0 aliphatic carbocycles. The fourth-order valence-corrected chi connectivity index (χ4v) is 1.90. The number of rotatable bonds is 10. The van der Waals surface area contributed by atoms with Gasteiger partial charge in [-0.3, -0.25) is 0 Å². The second kappa shape index (κ2) is 11.1. The number of nitrogens with one attached hydrogen (secondary N) is 2. The number of methoxy groups -OCH3 is 1. The quantitative estimate of drug-likeness (QED) is 0.647. The maximum Gasteiger partial charge on any atom is 0.319 e. The summed E-state index contributed by atoms with van der Waals surface area (Å²) in [5, 5.41) is 5.91. The Morgan fingerprint density at radius 1 is 1.27 bits per heavy atom. The Labute approximate surface area is 136 Å². The molecule has 0 heterocycles. The number of para-hydroxylation sites is 1. The predicted molar refractivity (Wildman–Crippen MR) is 87.0 cm³/mol. The summed E-state index contributed by atoms with van der Waals surface area (Å²) >= 11 is 6.10. The minimum absolute atomic E-state index is 0.310. The third-order valence-corrected chi connectivity index (χ3v) is 3.00. The number of hydrogen-bond acceptors (Lipinski definition) is 4. The van der Waals surface area contributed by atoms with E-state index in [2.05, 4.69) is 10.6 Å². The van der Waals surface area contributed by atoms with E-state index in [0.29, 0.717) is 49.4 Å². The van der Waals surface area contributed by atoms with E-state index in [1.54, 1.807) is 25.3 Å². The first-order chi connectivity index (χ1) is 10.7. The van der Waals surface area contributed by atoms with Crippen molar-refractivity contribution in [3.8, 4) is 5.75 Å². The summed E-state index contributed by atoms with van der Waals surface area (Å²) in [5.41, 5.74) is 0.519. The van der Waals surface area contributed by atoms with Gasteiger partial charge in [-0.15, -0.1) is 0 Å². The van der Waals surface area contributed by atoms with Crippen molar-refractivity contribution in [3.63, 3.8) is 0 Å². The standard InChI is InChI=1S/C15H23ClN2O4/c1-3-21-9-5-8-17-15(19)18-13-7-4-6-12(16)14(13)22-11-10-20-2/h4,6-7H,3,5,8-11H2,1-2H3,(H2,17,18,19). The first-order valence-corrected chi connectivity index (χ1v) is 7.59. The zero-order chi connectivity index (χ0) is 16.2. The molecule has 6 nitrogen and oxygen atoms in total. The summed E-state index contributed by atoms with van der Waals surface area (Å²) in [6, 6.07) is 4.87. The molecule has 0 saturated carbocycles. The number of benzene rings is 1. The number of amides is 2. The highest BCUT2D eigenvalue weighted by Crippen LogP contribution is 2.32. The van der Waals surface area contributed by atoms with Crippen molar-refractivity contribution in [2.75, 3.05) is 45.4 Å². The second-order valence-electron chi connectivity index (χ2n) is 4.39. The number of anilines is 1. The third kappa shape index (κ3) is 6.98. The highest BCUT2D eigenvalue weighted by atomic mass is 35.5. The molecule has 2 N–H and O–H groups in total. The van der Waals surface area contributed by atoms with Gasteiger partial charge < -0.3 is 24.8 Å². The van der Waals surface area contributed by atoms with Crippen LogP contribution in [0.15, 0.2) is 18.2 Å². The SMILES string of the molecule is CCOCCCNC(=O)Nc1cccc(Cl)c1OCCOC. The fraction of sp³-hybridized carbons (Fsp3) is 0.533. The van der Waals surface area contributed by atoms with E-state index in [1.165, 1.54) is 0 Å². The van der Waals surface area contributed by atoms with Crippen LogP contribution in [0.25, 0.3) is 0 Å². The molecule has 0 unspecified atom stereocenters. The van der Waals surface area contributed by atoms with E-state index in [9.17, 15) is 4.79 Å². The van der Waals surface area contributed by atoms with Crippen LogP contribution >= 0.6 is 11.6 Å². The Balaban J connectivity index is 2.49. The normalized spacial score (nSPS) is 10.3. The lowest BCUT2D eigenvalue weighted by molar-refractivity contribution is 0.145. The first-order valence-electron chi connectivity index (χ1n) is 7.21. The van der Waals surface area contributed by atoms with Gasteiger partial charge in [-0.1, -0.05) is 17.7 Å². The highest BCUT2D eigenvalue weighted by Gasteiger charge is 2.11. The van der Waals surface area contributed by atoms with Gasteiger partial charge in [0.15, 0.2) is 5.75 Å². The molecule has 1 aromatic carbocycles. The van der Waals surface area contributed by atoms with Gasteiger partial charge in [0.1, 0.15) is 6.61 Å². The lowest BCUT2D eigenvalue weighted by Gasteiger charge is -2.14. The molecule has 0 aliphatic rings. The summed E-state index contributed by atoms with van der Waals surface area (Å²) in [5.74, 6) is 0.436. The Kier molecular flexibility index (Phi) is 9.37. The topological polar surface area (TPSA) is 68.8 Å². The Morgan fingerprint density at radius 2 is 2.09 bits per heavy atom. The summed E-state index contributed by atoms with van der Waals surface area (Å²) in [6.45, 7) is 4.56. The average Bonchev–Trinajstić information content (AvgIpc) is 2.50. The monoisotopic (exact) mass is 330 g/mol. The average molecular weight is 331 g/mol. The third-order valence-electron chi connectivity index (χ3n) is 2.70. The molecule has 0 spiro atoms. The molecule has 0 radical (unpaired) electrons. The molecule has 0 bridgehead atoms. The van der Waals surface area contributed by atoms with E-state index in [4.69, 9.17) is 25.8 Å². The lowest BCUT2D eigenvalue weighted by atomic mass is 10.3. The van der Waals surface area contributed by atoms with Crippen LogP contribution in [0.3, 0.4) is 0 Å². The molecule has 2 amide bonds. The van der Waals surface area contributed by atoms with Crippen molar-refractivity contribution in [1.82, 2.24) is 5.32 Å². The van der Waals surface area contributed by atoms with Crippen molar-refractivity contribution in [2.45, 2.75) is 13.3 Å². The maximum absolute atomic E-state index is 11.9. The second-order valence-corrected chi connectivity index (χ2v) is 4.80. The van der Waals surface area contributed by atoms with Gasteiger partial charge in [-0.25, -0.2) is 4.79 Å². The Hall–Kier alpha value is -1.50. The summed E-state index contributed by atoms with van der Waals surface area (Å²) in [6.07, 6.45) is 0.758. The van der Waals surface area contributed by atoms with Crippen LogP contribution in [0.4, 0.5) is 10.5 Å². The molecule has 1 aromatic rings. The lowest BCUT2D eigenvalue weighted by Crippen LogP contribution is -2.30. The molecule has 0 aromatic heterocycles. The van der Waals surface area contributed by atoms with Gasteiger partial charge in [0, 0.05) is 26.9 Å². The number of ether oxygens (including phenoxy) is 3. The van der Waals surface area contributed by atoms with Crippen LogP contribution in [0.1, 0.15) is 13.3 Å². The van der Waals surface area contributed by atoms with Crippen molar-refractivity contribution in [1.29, 1.82) is 0 Å². The van der Waals surface area contributed by atoms with Crippen molar-refractivity contribution >= 4 is 23.3 Å². The van der Waals surface area contributed by atoms with Gasteiger partial charge >= 0.3 is 6.03 Å². The molecule has 0 saturated heterocycles. The van der Waals surface area contributed by atoms with E-state index in [1.807, 2.05) is 6.92 Å². The van der Waals surface area contributed by atoms with Crippen LogP contribution in [0.2, 0.25) is 5.02 Å². The van der Waals surface area contributed by atoms with Gasteiger partial charge in [0.05, 0.1) is 17.3 Å². The smallest absolute Gasteiger partial charge is 0.319 e. The van der Waals surface area contributed by atoms with Gasteiger partial charge in [-0.05, 0) is 25.5 Å². The fourth-order valence-electron chi connectivity index (χ4n) is 1.67. The van der Waals surface area contributed by atoms with Crippen LogP contribution in [-0.2, 0) is 9.47 Å². The molecule has 0 fully saturated rings. The minimum atomic E-state index is -0.310. The van der Waals surface area contributed by atoms with Crippen LogP contribution in [0.5, 0.6) is 5.75 Å². The van der Waals surface area contributed by atoms with Gasteiger partial charge in [-0.2, -0.15) is 0 Å². The minimum Gasteiger partial charge on any atom is -0.487 e. The zero-order valence-electron chi connectivity index (χ0n) is 13.0. The van der Waals surface area contributed by atoms with Crippen LogP contribution in [-0.4, -0.2) is 46.1 Å². The Bertz CT molecular complexity index is 457. The zero-order valence-corrected chi connectivity index (χ0v) is 13.7. The predicted octanol–water partition coefficient (Wildman–Crippen LogP) is 2.91. The van der Waals surface area contributed by atoms with Crippen molar-refractivity contribution < 1.29 is 19.0 Å². The van der Waals surface area contributed by atoms with E-state index >= 15 is 0 Å². The summed E-state index contributed by atoms with van der Waals surface area (Å²) < 4.78 is 15.7. The number of urea groups is 1. The molecule has 0 atom stereocenters. The Morgan fingerprint density at radius 3 is 2.82 bits per heavy atom. The number of halogens is 1. The number of carbonyl (C=O) groups is 1. The van der Waals surface area contributed by atoms with Crippen molar-refractivity contribution in [3.05, 3.63) is 23.2 Å². The van der Waals surface area contributed by atoms with Crippen LogP contribution in [0, 0.1) is 0 Å². The number of carbonyl (C=O) groups excluding carboxylic acids is 1.